The number of hydrogen-bond donors (Lipinski definition) is 1. The van der Waals surface area contributed by atoms with Gasteiger partial charge in [0.2, 0.25) is 10.0 Å². The summed E-state index contributed by atoms with van der Waals surface area (Å²) in [4.78, 5) is 0. The zero-order chi connectivity index (χ0) is 13.4. The van der Waals surface area contributed by atoms with E-state index in [0.717, 1.165) is 32.5 Å². The summed E-state index contributed by atoms with van der Waals surface area (Å²) < 4.78 is 34.7. The SMILES string of the molecule is CCN(CCCNCC1CCOCO1)S(C)(=O)=O. The molecule has 108 valence electrons. The standard InChI is InChI=1S/C11H24N2O4S/c1-3-13(18(2,14)15)7-4-6-12-9-11-5-8-16-10-17-11/h11-12H,3-10H2,1-2H3. The number of nitrogens with zero attached hydrogens (tertiary/aromatic N) is 1. The lowest BCUT2D eigenvalue weighted by molar-refractivity contribution is -0.137. The lowest BCUT2D eigenvalue weighted by Crippen LogP contribution is -2.36. The maximum Gasteiger partial charge on any atom is 0.211 e. The first-order chi connectivity index (χ1) is 8.54. The van der Waals surface area contributed by atoms with Crippen molar-refractivity contribution in [2.24, 2.45) is 0 Å². The summed E-state index contributed by atoms with van der Waals surface area (Å²) in [6.45, 7) is 5.68. The minimum Gasteiger partial charge on any atom is -0.355 e. The van der Waals surface area contributed by atoms with Crippen molar-refractivity contribution in [2.45, 2.75) is 25.9 Å². The average Bonchev–Trinajstić information content (AvgIpc) is 2.33. The summed E-state index contributed by atoms with van der Waals surface area (Å²) in [6.07, 6.45) is 3.19. The Labute approximate surface area is 110 Å². The lowest BCUT2D eigenvalue weighted by atomic mass is 10.2. The van der Waals surface area contributed by atoms with E-state index in [1.165, 1.54) is 10.6 Å². The van der Waals surface area contributed by atoms with Crippen molar-refractivity contribution in [3.05, 3.63) is 0 Å². The molecule has 0 bridgehead atoms. The number of hydrogen-bond acceptors (Lipinski definition) is 5. The molecule has 1 fully saturated rings. The van der Waals surface area contributed by atoms with Crippen molar-refractivity contribution < 1.29 is 17.9 Å². The van der Waals surface area contributed by atoms with Gasteiger partial charge in [-0.05, 0) is 19.4 Å². The number of sulfonamides is 1. The molecule has 0 aromatic rings. The molecule has 0 aromatic carbocycles. The van der Waals surface area contributed by atoms with Crippen LogP contribution in [0.5, 0.6) is 0 Å². The van der Waals surface area contributed by atoms with Gasteiger partial charge in [0.1, 0.15) is 6.79 Å². The molecule has 0 spiro atoms. The van der Waals surface area contributed by atoms with Crippen LogP contribution in [0.4, 0.5) is 0 Å². The van der Waals surface area contributed by atoms with Gasteiger partial charge in [-0.25, -0.2) is 12.7 Å². The van der Waals surface area contributed by atoms with Crippen LogP contribution in [0.25, 0.3) is 0 Å². The van der Waals surface area contributed by atoms with Gasteiger partial charge in [0.25, 0.3) is 0 Å². The van der Waals surface area contributed by atoms with Crippen LogP contribution < -0.4 is 5.32 Å². The van der Waals surface area contributed by atoms with Gasteiger partial charge in [-0.15, -0.1) is 0 Å². The second-order valence-corrected chi connectivity index (χ2v) is 6.40. The summed E-state index contributed by atoms with van der Waals surface area (Å²) in [7, 11) is -3.06. The minimum absolute atomic E-state index is 0.218. The zero-order valence-corrected chi connectivity index (χ0v) is 12.0. The Morgan fingerprint density at radius 1 is 1.44 bits per heavy atom. The van der Waals surface area contributed by atoms with Crippen molar-refractivity contribution in [3.8, 4) is 0 Å². The Hall–Kier alpha value is -0.210. The van der Waals surface area contributed by atoms with Gasteiger partial charge < -0.3 is 14.8 Å². The van der Waals surface area contributed by atoms with Crippen LogP contribution in [0.1, 0.15) is 19.8 Å². The Bertz CT molecular complexity index is 315. The molecular weight excluding hydrogens is 256 g/mol. The fourth-order valence-corrected chi connectivity index (χ4v) is 2.79. The van der Waals surface area contributed by atoms with Crippen LogP contribution in [-0.2, 0) is 19.5 Å². The summed E-state index contributed by atoms with van der Waals surface area (Å²) in [6, 6.07) is 0. The van der Waals surface area contributed by atoms with Crippen LogP contribution in [0, 0.1) is 0 Å². The quantitative estimate of drug-likeness (QED) is 0.634. The molecule has 18 heavy (non-hydrogen) atoms. The molecule has 0 radical (unpaired) electrons. The van der Waals surface area contributed by atoms with E-state index < -0.39 is 10.0 Å². The smallest absolute Gasteiger partial charge is 0.211 e. The van der Waals surface area contributed by atoms with E-state index in [0.29, 0.717) is 19.9 Å². The molecule has 1 aliphatic heterocycles. The Kier molecular flexibility index (Phi) is 7.10. The Morgan fingerprint density at radius 2 is 2.22 bits per heavy atom. The second kappa shape index (κ2) is 8.06. The molecule has 1 atom stereocenters. The van der Waals surface area contributed by atoms with E-state index in [1.54, 1.807) is 0 Å². The number of nitrogens with one attached hydrogen (secondary N) is 1. The molecule has 0 saturated carbocycles. The van der Waals surface area contributed by atoms with Gasteiger partial charge >= 0.3 is 0 Å². The highest BCUT2D eigenvalue weighted by Crippen LogP contribution is 2.04. The lowest BCUT2D eigenvalue weighted by Gasteiger charge is -2.23. The Balaban J connectivity index is 2.07. The van der Waals surface area contributed by atoms with E-state index in [-0.39, 0.29) is 6.10 Å². The first-order valence-corrected chi connectivity index (χ1v) is 8.24. The summed E-state index contributed by atoms with van der Waals surface area (Å²) >= 11 is 0. The molecule has 1 rings (SSSR count). The normalized spacial score (nSPS) is 21.4. The minimum atomic E-state index is -3.06. The highest BCUT2D eigenvalue weighted by Gasteiger charge is 2.14. The van der Waals surface area contributed by atoms with Crippen LogP contribution in [-0.4, -0.2) is 64.7 Å². The maximum atomic E-state index is 11.3. The van der Waals surface area contributed by atoms with Gasteiger partial charge in [-0.3, -0.25) is 0 Å². The van der Waals surface area contributed by atoms with Gasteiger partial charge in [-0.2, -0.15) is 0 Å². The molecule has 1 N–H and O–H groups in total. The monoisotopic (exact) mass is 280 g/mol. The van der Waals surface area contributed by atoms with Crippen LogP contribution in [0.2, 0.25) is 0 Å². The summed E-state index contributed by atoms with van der Waals surface area (Å²) in [5.74, 6) is 0. The molecule has 0 amide bonds. The fraction of sp³-hybridized carbons (Fsp3) is 1.00. The highest BCUT2D eigenvalue weighted by atomic mass is 32.2. The molecule has 0 aromatic heterocycles. The van der Waals surface area contributed by atoms with E-state index in [4.69, 9.17) is 9.47 Å². The van der Waals surface area contributed by atoms with Gasteiger partial charge in [0.15, 0.2) is 0 Å². The third-order valence-corrected chi connectivity index (χ3v) is 4.30. The first-order valence-electron chi connectivity index (χ1n) is 6.39. The third-order valence-electron chi connectivity index (χ3n) is 2.93. The number of ether oxygens (including phenoxy) is 2. The molecule has 1 saturated heterocycles. The Morgan fingerprint density at radius 3 is 2.78 bits per heavy atom. The van der Waals surface area contributed by atoms with Gasteiger partial charge in [0.05, 0.1) is 19.0 Å². The second-order valence-electron chi connectivity index (χ2n) is 4.42. The van der Waals surface area contributed by atoms with Crippen LogP contribution >= 0.6 is 0 Å². The van der Waals surface area contributed by atoms with Gasteiger partial charge in [0, 0.05) is 19.6 Å². The van der Waals surface area contributed by atoms with Crippen molar-refractivity contribution in [2.75, 3.05) is 45.8 Å². The third kappa shape index (κ3) is 6.10. The van der Waals surface area contributed by atoms with Crippen molar-refractivity contribution in [3.63, 3.8) is 0 Å². The van der Waals surface area contributed by atoms with Crippen LogP contribution in [0.15, 0.2) is 0 Å². The molecule has 1 aliphatic rings. The fourth-order valence-electron chi connectivity index (χ4n) is 1.86. The topological polar surface area (TPSA) is 67.9 Å². The first kappa shape index (κ1) is 15.8. The highest BCUT2D eigenvalue weighted by molar-refractivity contribution is 7.88. The van der Waals surface area contributed by atoms with Crippen molar-refractivity contribution >= 4 is 10.0 Å². The van der Waals surface area contributed by atoms with E-state index in [9.17, 15) is 8.42 Å². The molecular formula is C11H24N2O4S. The average molecular weight is 280 g/mol. The van der Waals surface area contributed by atoms with Crippen molar-refractivity contribution in [1.29, 1.82) is 0 Å². The predicted molar refractivity (Wildman–Crippen MR) is 69.9 cm³/mol. The maximum absolute atomic E-state index is 11.3. The number of rotatable bonds is 8. The molecule has 1 unspecified atom stereocenters. The van der Waals surface area contributed by atoms with Crippen molar-refractivity contribution in [1.82, 2.24) is 9.62 Å². The predicted octanol–water partition coefficient (Wildman–Crippen LogP) is 0.0106. The van der Waals surface area contributed by atoms with Gasteiger partial charge in [-0.1, -0.05) is 6.92 Å². The molecule has 1 heterocycles. The zero-order valence-electron chi connectivity index (χ0n) is 11.2. The largest absolute Gasteiger partial charge is 0.355 e. The molecule has 7 heteroatoms. The molecule has 0 aliphatic carbocycles. The summed E-state index contributed by atoms with van der Waals surface area (Å²) in [5.41, 5.74) is 0. The summed E-state index contributed by atoms with van der Waals surface area (Å²) in [5, 5.41) is 3.28. The molecule has 6 nitrogen and oxygen atoms in total. The van der Waals surface area contributed by atoms with E-state index in [1.807, 2.05) is 6.92 Å². The van der Waals surface area contributed by atoms with E-state index >= 15 is 0 Å². The van der Waals surface area contributed by atoms with E-state index in [2.05, 4.69) is 5.32 Å². The van der Waals surface area contributed by atoms with Crippen LogP contribution in [0.3, 0.4) is 0 Å².